The van der Waals surface area contributed by atoms with Gasteiger partial charge in [0.15, 0.2) is 5.82 Å². The van der Waals surface area contributed by atoms with E-state index in [-0.39, 0.29) is 6.04 Å². The van der Waals surface area contributed by atoms with Crippen molar-refractivity contribution in [3.05, 3.63) is 11.4 Å². The Bertz CT molecular complexity index is 750. The summed E-state index contributed by atoms with van der Waals surface area (Å²) in [6, 6.07) is 4.67. The van der Waals surface area contributed by atoms with Crippen molar-refractivity contribution < 1.29 is 0 Å². The molecule has 25 heavy (non-hydrogen) atoms. The maximum atomic E-state index is 9.13. The summed E-state index contributed by atoms with van der Waals surface area (Å²) in [5.74, 6) is 1.79. The number of nitrogens with zero attached hydrogens (tertiary/aromatic N) is 6. The number of nitriles is 1. The van der Waals surface area contributed by atoms with Gasteiger partial charge >= 0.3 is 0 Å². The number of hydrogen-bond acceptors (Lipinski definition) is 7. The van der Waals surface area contributed by atoms with E-state index in [9.17, 15) is 0 Å². The largest absolute Gasteiger partial charge is 0.351 e. The lowest BCUT2D eigenvalue weighted by atomic mass is 10.1. The van der Waals surface area contributed by atoms with E-state index in [1.165, 1.54) is 0 Å². The molecule has 1 saturated heterocycles. The van der Waals surface area contributed by atoms with E-state index in [1.54, 1.807) is 11.3 Å². The summed E-state index contributed by atoms with van der Waals surface area (Å²) >= 11 is 1.69. The molecule has 6 nitrogen and oxygen atoms in total. The number of rotatable bonds is 7. The molecule has 1 aliphatic rings. The summed E-state index contributed by atoms with van der Waals surface area (Å²) in [6.07, 6.45) is 3.82. The molecular formula is C18H26N6S. The highest BCUT2D eigenvalue weighted by Gasteiger charge is 2.28. The topological polar surface area (TPSA) is 59.3 Å². The molecule has 2 aromatic rings. The van der Waals surface area contributed by atoms with Gasteiger partial charge in [0.1, 0.15) is 0 Å². The molecule has 0 saturated carbocycles. The third-order valence-electron chi connectivity index (χ3n) is 4.69. The molecule has 1 fully saturated rings. The number of hydrogen-bond donors (Lipinski definition) is 0. The molecule has 0 amide bonds. The highest BCUT2D eigenvalue weighted by atomic mass is 32.1. The van der Waals surface area contributed by atoms with Crippen LogP contribution in [0.25, 0.3) is 10.2 Å². The lowest BCUT2D eigenvalue weighted by Crippen LogP contribution is -2.31. The van der Waals surface area contributed by atoms with Crippen molar-refractivity contribution in [2.45, 2.75) is 31.7 Å². The monoisotopic (exact) mass is 358 g/mol. The highest BCUT2D eigenvalue weighted by molar-refractivity contribution is 7.17. The number of fused-ring (bicyclic) bond motifs is 1. The van der Waals surface area contributed by atoms with E-state index in [1.807, 2.05) is 0 Å². The second kappa shape index (κ2) is 7.98. The molecule has 3 rings (SSSR count). The van der Waals surface area contributed by atoms with Crippen molar-refractivity contribution in [1.82, 2.24) is 14.9 Å². The zero-order valence-corrected chi connectivity index (χ0v) is 16.1. The fraction of sp³-hybridized carbons (Fsp3) is 0.611. The molecule has 0 aliphatic carbocycles. The second-order valence-corrected chi connectivity index (χ2v) is 7.83. The van der Waals surface area contributed by atoms with Gasteiger partial charge in [-0.25, -0.2) is 4.98 Å². The van der Waals surface area contributed by atoms with Gasteiger partial charge in [-0.15, -0.1) is 11.3 Å². The minimum atomic E-state index is 0.275. The van der Waals surface area contributed by atoms with Crippen LogP contribution in [0.3, 0.4) is 0 Å². The number of anilines is 2. The molecule has 134 valence electrons. The fourth-order valence-electron chi connectivity index (χ4n) is 3.36. The average molecular weight is 359 g/mol. The summed E-state index contributed by atoms with van der Waals surface area (Å²) in [4.78, 5) is 16.3. The van der Waals surface area contributed by atoms with Crippen LogP contribution in [0.1, 0.15) is 25.7 Å². The van der Waals surface area contributed by atoms with E-state index in [0.717, 1.165) is 60.9 Å². The third kappa shape index (κ3) is 4.02. The molecule has 0 radical (unpaired) electrons. The van der Waals surface area contributed by atoms with Crippen molar-refractivity contribution in [2.75, 3.05) is 50.6 Å². The van der Waals surface area contributed by atoms with Crippen molar-refractivity contribution in [3.8, 4) is 6.07 Å². The van der Waals surface area contributed by atoms with Crippen LogP contribution in [0.2, 0.25) is 0 Å². The van der Waals surface area contributed by atoms with Gasteiger partial charge in [-0.2, -0.15) is 10.2 Å². The van der Waals surface area contributed by atoms with Crippen LogP contribution >= 0.6 is 11.3 Å². The number of aromatic nitrogens is 2. The fourth-order valence-corrected chi connectivity index (χ4v) is 4.19. The van der Waals surface area contributed by atoms with Crippen LogP contribution in [-0.2, 0) is 0 Å². The Balaban J connectivity index is 1.87. The maximum Gasteiger partial charge on any atom is 0.227 e. The predicted molar refractivity (Wildman–Crippen MR) is 104 cm³/mol. The van der Waals surface area contributed by atoms with Gasteiger partial charge in [-0.1, -0.05) is 0 Å². The first-order valence-corrected chi connectivity index (χ1v) is 9.73. The Morgan fingerprint density at radius 3 is 2.92 bits per heavy atom. The lowest BCUT2D eigenvalue weighted by Gasteiger charge is -2.26. The summed E-state index contributed by atoms with van der Waals surface area (Å²) in [6.45, 7) is 2.95. The standard InChI is InChI=1S/C18H26N6S/c1-22(2)10-5-11-23(3)18-20-15-8-13-25-16(15)17(21-18)24-12-4-6-14(24)7-9-19/h8,13-14H,4-7,10-12H2,1-3H3/t14-/m0/s1. The second-order valence-electron chi connectivity index (χ2n) is 6.91. The summed E-state index contributed by atoms with van der Waals surface area (Å²) < 4.78 is 1.13. The summed E-state index contributed by atoms with van der Waals surface area (Å²) in [5.41, 5.74) is 1.01. The Labute approximate surface area is 153 Å². The minimum absolute atomic E-state index is 0.275. The van der Waals surface area contributed by atoms with Gasteiger partial charge in [-0.3, -0.25) is 0 Å². The van der Waals surface area contributed by atoms with Crippen LogP contribution in [0, 0.1) is 11.3 Å². The first kappa shape index (κ1) is 17.9. The van der Waals surface area contributed by atoms with Gasteiger partial charge in [-0.05, 0) is 51.3 Å². The van der Waals surface area contributed by atoms with Gasteiger partial charge in [0.05, 0.1) is 22.7 Å². The van der Waals surface area contributed by atoms with Crippen molar-refractivity contribution in [2.24, 2.45) is 0 Å². The molecule has 0 N–H and O–H groups in total. The van der Waals surface area contributed by atoms with Crippen LogP contribution < -0.4 is 9.80 Å². The Kier molecular flexibility index (Phi) is 5.71. The Morgan fingerprint density at radius 2 is 2.16 bits per heavy atom. The average Bonchev–Trinajstić information content (AvgIpc) is 3.22. The first-order valence-electron chi connectivity index (χ1n) is 8.85. The van der Waals surface area contributed by atoms with E-state index < -0.39 is 0 Å². The van der Waals surface area contributed by atoms with Crippen molar-refractivity contribution in [1.29, 1.82) is 5.26 Å². The molecule has 0 unspecified atom stereocenters. The molecule has 1 aliphatic heterocycles. The van der Waals surface area contributed by atoms with Crippen molar-refractivity contribution in [3.63, 3.8) is 0 Å². The lowest BCUT2D eigenvalue weighted by molar-refractivity contribution is 0.401. The number of thiophene rings is 1. The predicted octanol–water partition coefficient (Wildman–Crippen LogP) is 2.96. The highest BCUT2D eigenvalue weighted by Crippen LogP contribution is 2.35. The first-order chi connectivity index (χ1) is 12.1. The third-order valence-corrected chi connectivity index (χ3v) is 5.59. The van der Waals surface area contributed by atoms with Gasteiger partial charge in [0.2, 0.25) is 5.95 Å². The zero-order valence-electron chi connectivity index (χ0n) is 15.3. The van der Waals surface area contributed by atoms with Crippen LogP contribution in [0.5, 0.6) is 0 Å². The Morgan fingerprint density at radius 1 is 1.32 bits per heavy atom. The molecule has 0 aromatic carbocycles. The van der Waals surface area contributed by atoms with Gasteiger partial charge in [0, 0.05) is 26.2 Å². The molecule has 3 heterocycles. The quantitative estimate of drug-likeness (QED) is 0.758. The maximum absolute atomic E-state index is 9.13. The van der Waals surface area contributed by atoms with E-state index >= 15 is 0 Å². The van der Waals surface area contributed by atoms with E-state index in [2.05, 4.69) is 53.4 Å². The molecule has 7 heteroatoms. The van der Waals surface area contributed by atoms with Gasteiger partial charge in [0.25, 0.3) is 0 Å². The molecular weight excluding hydrogens is 332 g/mol. The summed E-state index contributed by atoms with van der Waals surface area (Å²) in [7, 11) is 6.24. The Hall–Kier alpha value is -1.91. The van der Waals surface area contributed by atoms with Crippen molar-refractivity contribution >= 4 is 33.3 Å². The van der Waals surface area contributed by atoms with Crippen LogP contribution in [0.15, 0.2) is 11.4 Å². The normalized spacial score (nSPS) is 17.4. The van der Waals surface area contributed by atoms with Gasteiger partial charge < -0.3 is 14.7 Å². The molecule has 2 aromatic heterocycles. The molecule has 0 bridgehead atoms. The van der Waals surface area contributed by atoms with E-state index in [0.29, 0.717) is 6.42 Å². The minimum Gasteiger partial charge on any atom is -0.351 e. The zero-order chi connectivity index (χ0) is 17.8. The smallest absolute Gasteiger partial charge is 0.227 e. The SMILES string of the molecule is CN(C)CCCN(C)c1nc(N2CCC[C@H]2CC#N)c2sccc2n1. The molecule has 0 spiro atoms. The van der Waals surface area contributed by atoms with Crippen LogP contribution in [-0.4, -0.2) is 61.7 Å². The van der Waals surface area contributed by atoms with Crippen LogP contribution in [0.4, 0.5) is 11.8 Å². The summed E-state index contributed by atoms with van der Waals surface area (Å²) in [5, 5.41) is 11.2. The molecule has 1 atom stereocenters. The van der Waals surface area contributed by atoms with E-state index in [4.69, 9.17) is 15.2 Å².